The van der Waals surface area contributed by atoms with E-state index in [9.17, 15) is 10.1 Å². The Morgan fingerprint density at radius 3 is 2.62 bits per heavy atom. The van der Waals surface area contributed by atoms with Gasteiger partial charge in [-0.05, 0) is 51.8 Å². The van der Waals surface area contributed by atoms with E-state index in [4.69, 9.17) is 9.47 Å². The van der Waals surface area contributed by atoms with Crippen molar-refractivity contribution in [2.24, 2.45) is 5.92 Å². The summed E-state index contributed by atoms with van der Waals surface area (Å²) < 4.78 is 11.1. The van der Waals surface area contributed by atoms with Gasteiger partial charge in [-0.3, -0.25) is 0 Å². The summed E-state index contributed by atoms with van der Waals surface area (Å²) in [6.45, 7) is 11.9. The van der Waals surface area contributed by atoms with E-state index in [-0.39, 0.29) is 5.97 Å². The Bertz CT molecular complexity index is 842. The van der Waals surface area contributed by atoms with Crippen LogP contribution in [-0.4, -0.2) is 23.2 Å². The predicted molar refractivity (Wildman–Crippen MR) is 103 cm³/mol. The molecule has 0 aliphatic rings. The molecule has 0 amide bonds. The van der Waals surface area contributed by atoms with Crippen LogP contribution in [0.2, 0.25) is 0 Å². The van der Waals surface area contributed by atoms with Crippen LogP contribution in [-0.2, 0) is 4.74 Å². The summed E-state index contributed by atoms with van der Waals surface area (Å²) in [6, 6.07) is 7.54. The second kappa shape index (κ2) is 7.88. The number of benzene rings is 1. The summed E-state index contributed by atoms with van der Waals surface area (Å²) in [6.07, 6.45) is 0. The fourth-order valence-electron chi connectivity index (χ4n) is 2.17. The number of nitriles is 1. The number of nitrogens with zero attached hydrogens (tertiary/aromatic N) is 2. The van der Waals surface area contributed by atoms with Gasteiger partial charge < -0.3 is 9.47 Å². The van der Waals surface area contributed by atoms with E-state index in [0.717, 1.165) is 5.56 Å². The van der Waals surface area contributed by atoms with Crippen LogP contribution in [0.15, 0.2) is 18.2 Å². The molecule has 0 radical (unpaired) electrons. The molecule has 0 saturated heterocycles. The summed E-state index contributed by atoms with van der Waals surface area (Å²) >= 11 is 1.27. The Labute approximate surface area is 158 Å². The molecule has 0 unspecified atom stereocenters. The number of carbonyl (C=O) groups is 1. The highest BCUT2D eigenvalue weighted by Crippen LogP contribution is 2.32. The molecule has 1 heterocycles. The quantitative estimate of drug-likeness (QED) is 0.692. The highest BCUT2D eigenvalue weighted by molar-refractivity contribution is 7.17. The molecule has 0 bridgehead atoms. The molecule has 0 spiro atoms. The van der Waals surface area contributed by atoms with Crippen LogP contribution in [0.1, 0.15) is 55.5 Å². The second-order valence-corrected chi connectivity index (χ2v) is 8.46. The molecule has 0 saturated carbocycles. The fourth-order valence-corrected chi connectivity index (χ4v) is 3.11. The molecule has 26 heavy (non-hydrogen) atoms. The van der Waals surface area contributed by atoms with Gasteiger partial charge in [0.15, 0.2) is 0 Å². The van der Waals surface area contributed by atoms with Crippen LogP contribution in [0.4, 0.5) is 0 Å². The lowest BCUT2D eigenvalue weighted by molar-refractivity contribution is 0.00742. The third kappa shape index (κ3) is 5.06. The molecule has 6 heteroatoms. The van der Waals surface area contributed by atoms with E-state index in [0.29, 0.717) is 39.4 Å². The Morgan fingerprint density at radius 1 is 1.35 bits per heavy atom. The van der Waals surface area contributed by atoms with E-state index in [1.807, 2.05) is 26.8 Å². The van der Waals surface area contributed by atoms with Crippen molar-refractivity contribution < 1.29 is 14.3 Å². The van der Waals surface area contributed by atoms with Crippen LogP contribution in [0, 0.1) is 24.2 Å². The number of rotatable bonds is 5. The normalized spacial score (nSPS) is 11.3. The monoisotopic (exact) mass is 372 g/mol. The van der Waals surface area contributed by atoms with Crippen LogP contribution >= 0.6 is 11.3 Å². The molecule has 0 N–H and O–H groups in total. The molecular weight excluding hydrogens is 348 g/mol. The lowest BCUT2D eigenvalue weighted by Gasteiger charge is -2.18. The number of hydrogen-bond donors (Lipinski definition) is 0. The number of carbonyl (C=O) groups excluding carboxylic acids is 1. The maximum Gasteiger partial charge on any atom is 0.350 e. The van der Waals surface area contributed by atoms with Gasteiger partial charge in [0.05, 0.1) is 17.9 Å². The topological polar surface area (TPSA) is 72.2 Å². The van der Waals surface area contributed by atoms with E-state index in [1.165, 1.54) is 11.3 Å². The number of ether oxygens (including phenoxy) is 2. The van der Waals surface area contributed by atoms with Gasteiger partial charge in [0.2, 0.25) is 0 Å². The van der Waals surface area contributed by atoms with Crippen molar-refractivity contribution >= 4 is 17.3 Å². The molecule has 2 rings (SSSR count). The summed E-state index contributed by atoms with van der Waals surface area (Å²) in [5, 5.41) is 10.1. The first-order valence-electron chi connectivity index (χ1n) is 8.49. The Hall–Kier alpha value is -2.39. The molecule has 0 atom stereocenters. The predicted octanol–water partition coefficient (Wildman–Crippen LogP) is 4.98. The third-order valence-electron chi connectivity index (χ3n) is 3.30. The van der Waals surface area contributed by atoms with Gasteiger partial charge in [-0.2, -0.15) is 5.26 Å². The summed E-state index contributed by atoms with van der Waals surface area (Å²) in [7, 11) is 0. The van der Waals surface area contributed by atoms with Crippen molar-refractivity contribution in [3.63, 3.8) is 0 Å². The summed E-state index contributed by atoms with van der Waals surface area (Å²) in [5.41, 5.74) is 1.30. The smallest absolute Gasteiger partial charge is 0.350 e. The molecule has 1 aromatic carbocycles. The van der Waals surface area contributed by atoms with Gasteiger partial charge >= 0.3 is 5.97 Å². The zero-order chi connectivity index (χ0) is 19.5. The Balaban J connectivity index is 2.31. The molecule has 138 valence electrons. The Morgan fingerprint density at radius 2 is 2.04 bits per heavy atom. The van der Waals surface area contributed by atoms with E-state index < -0.39 is 5.60 Å². The molecule has 0 aliphatic carbocycles. The fraction of sp³-hybridized carbons (Fsp3) is 0.450. The van der Waals surface area contributed by atoms with Crippen molar-refractivity contribution in [1.29, 1.82) is 5.26 Å². The highest BCUT2D eigenvalue weighted by atomic mass is 32.1. The lowest BCUT2D eigenvalue weighted by Crippen LogP contribution is -2.23. The standard InChI is InChI=1S/C20H24N2O3S/c1-12(2)11-24-16-8-7-14(9-15(16)10-21)18-22-13(3)17(26-18)19(23)25-20(4,5)6/h7-9,12H,11H2,1-6H3. The molecule has 2 aromatic rings. The summed E-state index contributed by atoms with van der Waals surface area (Å²) in [4.78, 5) is 17.3. The Kier molecular flexibility index (Phi) is 6.04. The minimum absolute atomic E-state index is 0.374. The largest absolute Gasteiger partial charge is 0.492 e. The number of aryl methyl sites for hydroxylation is 1. The van der Waals surface area contributed by atoms with Crippen LogP contribution in [0.3, 0.4) is 0 Å². The zero-order valence-electron chi connectivity index (χ0n) is 16.0. The maximum absolute atomic E-state index is 12.3. The van der Waals surface area contributed by atoms with E-state index in [1.54, 1.807) is 19.1 Å². The van der Waals surface area contributed by atoms with Crippen molar-refractivity contribution in [3.8, 4) is 22.4 Å². The maximum atomic E-state index is 12.3. The van der Waals surface area contributed by atoms with Crippen LogP contribution in [0.25, 0.3) is 10.6 Å². The van der Waals surface area contributed by atoms with E-state index >= 15 is 0 Å². The third-order valence-corrected chi connectivity index (χ3v) is 4.49. The first-order valence-corrected chi connectivity index (χ1v) is 9.30. The molecular formula is C20H24N2O3S. The first-order chi connectivity index (χ1) is 12.1. The SMILES string of the molecule is Cc1nc(-c2ccc(OCC(C)C)c(C#N)c2)sc1C(=O)OC(C)(C)C. The highest BCUT2D eigenvalue weighted by Gasteiger charge is 2.23. The average Bonchev–Trinajstić information content (AvgIpc) is 2.93. The molecule has 0 aliphatic heterocycles. The number of hydrogen-bond acceptors (Lipinski definition) is 6. The second-order valence-electron chi connectivity index (χ2n) is 7.46. The average molecular weight is 372 g/mol. The minimum Gasteiger partial charge on any atom is -0.492 e. The van der Waals surface area contributed by atoms with Gasteiger partial charge in [0.1, 0.15) is 27.3 Å². The molecule has 1 aromatic heterocycles. The van der Waals surface area contributed by atoms with Crippen molar-refractivity contribution in [1.82, 2.24) is 4.98 Å². The first kappa shape index (κ1) is 19.9. The van der Waals surface area contributed by atoms with Crippen molar-refractivity contribution in [3.05, 3.63) is 34.3 Å². The van der Waals surface area contributed by atoms with Crippen molar-refractivity contribution in [2.75, 3.05) is 6.61 Å². The summed E-state index contributed by atoms with van der Waals surface area (Å²) in [5.74, 6) is 0.556. The zero-order valence-corrected chi connectivity index (χ0v) is 16.9. The van der Waals surface area contributed by atoms with Gasteiger partial charge in [0, 0.05) is 5.56 Å². The number of esters is 1. The van der Waals surface area contributed by atoms with Gasteiger partial charge in [-0.1, -0.05) is 13.8 Å². The van der Waals surface area contributed by atoms with Crippen LogP contribution < -0.4 is 4.74 Å². The molecule has 0 fully saturated rings. The molecule has 5 nitrogen and oxygen atoms in total. The van der Waals surface area contributed by atoms with Crippen LogP contribution in [0.5, 0.6) is 5.75 Å². The minimum atomic E-state index is -0.558. The van der Waals surface area contributed by atoms with Gasteiger partial charge in [-0.15, -0.1) is 11.3 Å². The van der Waals surface area contributed by atoms with Gasteiger partial charge in [0.25, 0.3) is 0 Å². The number of aromatic nitrogens is 1. The van der Waals surface area contributed by atoms with Crippen molar-refractivity contribution in [2.45, 2.75) is 47.1 Å². The van der Waals surface area contributed by atoms with Gasteiger partial charge in [-0.25, -0.2) is 9.78 Å². The van der Waals surface area contributed by atoms with E-state index in [2.05, 4.69) is 24.9 Å². The number of thiazole rings is 1. The lowest BCUT2D eigenvalue weighted by atomic mass is 10.1.